The average molecular weight is 354 g/mol. The molecule has 1 amide bonds. The summed E-state index contributed by atoms with van der Waals surface area (Å²) in [6, 6.07) is 12.3. The minimum atomic E-state index is -0.553. The number of para-hydroxylation sites is 2. The number of fused-ring (bicyclic) bond motifs is 1. The first-order valence-electron chi connectivity index (χ1n) is 8.66. The van der Waals surface area contributed by atoms with Gasteiger partial charge in [-0.15, -0.1) is 0 Å². The average Bonchev–Trinajstić information content (AvgIpc) is 3.05. The largest absolute Gasteiger partial charge is 0.474 e. The first-order valence-corrected chi connectivity index (χ1v) is 8.66. The fourth-order valence-electron chi connectivity index (χ4n) is 3.23. The number of imidazole rings is 1. The van der Waals surface area contributed by atoms with E-state index in [1.165, 1.54) is 6.07 Å². The van der Waals surface area contributed by atoms with E-state index in [0.29, 0.717) is 31.8 Å². The Kier molecular flexibility index (Phi) is 4.51. The van der Waals surface area contributed by atoms with Crippen LogP contribution in [0.25, 0.3) is 11.0 Å². The third-order valence-corrected chi connectivity index (χ3v) is 4.60. The van der Waals surface area contributed by atoms with Crippen molar-refractivity contribution in [1.29, 1.82) is 0 Å². The zero-order valence-corrected chi connectivity index (χ0v) is 14.2. The minimum absolute atomic E-state index is 0.0533. The van der Waals surface area contributed by atoms with Crippen LogP contribution in [0.15, 0.2) is 48.8 Å². The highest BCUT2D eigenvalue weighted by molar-refractivity contribution is 5.80. The van der Waals surface area contributed by atoms with Gasteiger partial charge < -0.3 is 14.2 Å². The van der Waals surface area contributed by atoms with E-state index in [1.54, 1.807) is 18.5 Å². The third kappa shape index (κ3) is 3.51. The molecule has 2 aromatic heterocycles. The maximum absolute atomic E-state index is 13.1. The molecule has 0 saturated carbocycles. The molecule has 1 aliphatic rings. The lowest BCUT2D eigenvalue weighted by molar-refractivity contribution is -0.133. The number of hydrogen-bond acceptors (Lipinski definition) is 4. The highest BCUT2D eigenvalue weighted by atomic mass is 19.1. The van der Waals surface area contributed by atoms with E-state index in [9.17, 15) is 9.18 Å². The number of rotatable bonds is 4. The number of halogens is 1. The van der Waals surface area contributed by atoms with Crippen LogP contribution in [0.4, 0.5) is 4.39 Å². The number of likely N-dealkylation sites (tertiary alicyclic amines) is 1. The highest BCUT2D eigenvalue weighted by Gasteiger charge is 2.24. The molecule has 4 rings (SSSR count). The van der Waals surface area contributed by atoms with E-state index in [1.807, 2.05) is 33.7 Å². The zero-order chi connectivity index (χ0) is 17.9. The van der Waals surface area contributed by atoms with Gasteiger partial charge in [0.05, 0.1) is 17.4 Å². The summed E-state index contributed by atoms with van der Waals surface area (Å²) in [5, 5.41) is 0. The number of hydrogen-bond donors (Lipinski definition) is 0. The monoisotopic (exact) mass is 354 g/mol. The molecule has 1 aliphatic heterocycles. The minimum Gasteiger partial charge on any atom is -0.474 e. The summed E-state index contributed by atoms with van der Waals surface area (Å²) in [7, 11) is 0. The molecule has 0 aliphatic carbocycles. The molecular weight excluding hydrogens is 335 g/mol. The molecule has 1 aromatic carbocycles. The second-order valence-electron chi connectivity index (χ2n) is 6.36. The number of carbonyl (C=O) groups is 1. The lowest BCUT2D eigenvalue weighted by Gasteiger charge is -2.32. The molecule has 3 heterocycles. The van der Waals surface area contributed by atoms with Gasteiger partial charge in [0.15, 0.2) is 0 Å². The van der Waals surface area contributed by atoms with E-state index in [-0.39, 0.29) is 18.6 Å². The Labute approximate surface area is 150 Å². The van der Waals surface area contributed by atoms with Gasteiger partial charge >= 0.3 is 0 Å². The van der Waals surface area contributed by atoms with Crippen LogP contribution in [0.2, 0.25) is 0 Å². The van der Waals surface area contributed by atoms with Gasteiger partial charge in [-0.2, -0.15) is 9.37 Å². The second kappa shape index (κ2) is 7.11. The van der Waals surface area contributed by atoms with Crippen LogP contribution in [0.5, 0.6) is 5.88 Å². The van der Waals surface area contributed by atoms with Crippen LogP contribution in [0.1, 0.15) is 12.8 Å². The van der Waals surface area contributed by atoms with Gasteiger partial charge in [0, 0.05) is 32.0 Å². The van der Waals surface area contributed by atoms with Crippen LogP contribution in [-0.2, 0) is 11.3 Å². The number of ether oxygens (including phenoxy) is 1. The summed E-state index contributed by atoms with van der Waals surface area (Å²) in [5.74, 6) is -0.196. The fourth-order valence-corrected chi connectivity index (χ4v) is 3.23. The first kappa shape index (κ1) is 16.5. The lowest BCUT2D eigenvalue weighted by atomic mass is 10.1. The number of carbonyl (C=O) groups excluding carboxylic acids is 1. The van der Waals surface area contributed by atoms with Crippen LogP contribution in [-0.4, -0.2) is 44.5 Å². The Morgan fingerprint density at radius 1 is 1.15 bits per heavy atom. The molecule has 0 unspecified atom stereocenters. The van der Waals surface area contributed by atoms with Crippen molar-refractivity contribution in [3.05, 3.63) is 54.7 Å². The van der Waals surface area contributed by atoms with Crippen molar-refractivity contribution in [3.63, 3.8) is 0 Å². The van der Waals surface area contributed by atoms with E-state index in [2.05, 4.69) is 9.97 Å². The van der Waals surface area contributed by atoms with Crippen LogP contribution in [0.3, 0.4) is 0 Å². The number of benzene rings is 1. The second-order valence-corrected chi connectivity index (χ2v) is 6.36. The van der Waals surface area contributed by atoms with Crippen LogP contribution in [0, 0.1) is 5.95 Å². The van der Waals surface area contributed by atoms with Gasteiger partial charge in [-0.25, -0.2) is 4.98 Å². The molecule has 6 nitrogen and oxygen atoms in total. The molecule has 134 valence electrons. The Hall–Kier alpha value is -2.96. The van der Waals surface area contributed by atoms with Crippen molar-refractivity contribution in [2.75, 3.05) is 13.1 Å². The fraction of sp³-hybridized carbons (Fsp3) is 0.316. The smallest absolute Gasteiger partial charge is 0.242 e. The van der Waals surface area contributed by atoms with Gasteiger partial charge in [0.2, 0.25) is 17.7 Å². The standard InChI is InChI=1S/C19H19FN4O2/c20-17-6-3-7-18(22-17)26-14-8-10-23(11-9-14)19(25)12-24-13-21-15-4-1-2-5-16(15)24/h1-7,13-14H,8-12H2. The molecule has 1 fully saturated rings. The Morgan fingerprint density at radius 2 is 1.96 bits per heavy atom. The Morgan fingerprint density at radius 3 is 2.77 bits per heavy atom. The van der Waals surface area contributed by atoms with E-state index in [4.69, 9.17) is 4.74 Å². The SMILES string of the molecule is O=C(Cn1cnc2ccccc21)N1CCC(Oc2cccc(F)n2)CC1. The maximum atomic E-state index is 13.1. The molecule has 26 heavy (non-hydrogen) atoms. The molecule has 0 atom stereocenters. The molecule has 3 aromatic rings. The number of aromatic nitrogens is 3. The summed E-state index contributed by atoms with van der Waals surface area (Å²) >= 11 is 0. The summed E-state index contributed by atoms with van der Waals surface area (Å²) in [4.78, 5) is 22.5. The summed E-state index contributed by atoms with van der Waals surface area (Å²) < 4.78 is 20.7. The number of pyridine rings is 1. The molecule has 7 heteroatoms. The molecule has 0 radical (unpaired) electrons. The molecule has 0 bridgehead atoms. The van der Waals surface area contributed by atoms with Crippen molar-refractivity contribution >= 4 is 16.9 Å². The Bertz CT molecular complexity index is 919. The first-order chi connectivity index (χ1) is 12.7. The zero-order valence-electron chi connectivity index (χ0n) is 14.2. The van der Waals surface area contributed by atoms with Gasteiger partial charge in [-0.1, -0.05) is 18.2 Å². The van der Waals surface area contributed by atoms with Crippen molar-refractivity contribution in [3.8, 4) is 5.88 Å². The van der Waals surface area contributed by atoms with Gasteiger partial charge in [0.25, 0.3) is 0 Å². The summed E-state index contributed by atoms with van der Waals surface area (Å²) in [6.45, 7) is 1.51. The number of nitrogens with zero attached hydrogens (tertiary/aromatic N) is 4. The quantitative estimate of drug-likeness (QED) is 0.676. The van der Waals surface area contributed by atoms with Gasteiger partial charge in [-0.3, -0.25) is 4.79 Å². The normalized spacial score (nSPS) is 15.3. The Balaban J connectivity index is 1.33. The third-order valence-electron chi connectivity index (χ3n) is 4.60. The molecule has 0 spiro atoms. The lowest BCUT2D eigenvalue weighted by Crippen LogP contribution is -2.43. The summed E-state index contributed by atoms with van der Waals surface area (Å²) in [5.41, 5.74) is 1.84. The molecular formula is C19H19FN4O2. The van der Waals surface area contributed by atoms with E-state index >= 15 is 0 Å². The van der Waals surface area contributed by atoms with Crippen molar-refractivity contribution in [1.82, 2.24) is 19.4 Å². The number of amides is 1. The maximum Gasteiger partial charge on any atom is 0.242 e. The number of piperidine rings is 1. The van der Waals surface area contributed by atoms with Crippen LogP contribution >= 0.6 is 0 Å². The van der Waals surface area contributed by atoms with Crippen molar-refractivity contribution < 1.29 is 13.9 Å². The van der Waals surface area contributed by atoms with Crippen molar-refractivity contribution in [2.45, 2.75) is 25.5 Å². The van der Waals surface area contributed by atoms with Crippen LogP contribution < -0.4 is 4.74 Å². The van der Waals surface area contributed by atoms with Crippen molar-refractivity contribution in [2.24, 2.45) is 0 Å². The van der Waals surface area contributed by atoms with E-state index in [0.717, 1.165) is 11.0 Å². The topological polar surface area (TPSA) is 60.2 Å². The van der Waals surface area contributed by atoms with Gasteiger partial charge in [-0.05, 0) is 18.2 Å². The van der Waals surface area contributed by atoms with E-state index < -0.39 is 5.95 Å². The predicted octanol–water partition coefficient (Wildman–Crippen LogP) is 2.64. The summed E-state index contributed by atoms with van der Waals surface area (Å²) in [6.07, 6.45) is 3.06. The highest BCUT2D eigenvalue weighted by Crippen LogP contribution is 2.18. The molecule has 0 N–H and O–H groups in total. The predicted molar refractivity (Wildman–Crippen MR) is 94.2 cm³/mol. The molecule has 1 saturated heterocycles. The van der Waals surface area contributed by atoms with Gasteiger partial charge in [0.1, 0.15) is 12.6 Å².